The van der Waals surface area contributed by atoms with Gasteiger partial charge in [-0.15, -0.1) is 11.8 Å². The number of benzene rings is 2. The van der Waals surface area contributed by atoms with Crippen molar-refractivity contribution in [3.05, 3.63) is 70.7 Å². The lowest BCUT2D eigenvalue weighted by molar-refractivity contribution is -0.140. The maximum Gasteiger partial charge on any atom is 0.243 e. The first kappa shape index (κ1) is 24.3. The molecule has 4 nitrogen and oxygen atoms in total. The van der Waals surface area contributed by atoms with Crippen molar-refractivity contribution in [2.45, 2.75) is 58.0 Å². The van der Waals surface area contributed by atoms with Crippen molar-refractivity contribution < 1.29 is 9.59 Å². The number of halogens is 1. The van der Waals surface area contributed by atoms with Gasteiger partial charge in [0, 0.05) is 22.9 Å². The number of hydrogen-bond donors (Lipinski definition) is 1. The summed E-state index contributed by atoms with van der Waals surface area (Å²) in [6.45, 7) is 8.20. The van der Waals surface area contributed by atoms with Crippen molar-refractivity contribution in [2.24, 2.45) is 0 Å². The van der Waals surface area contributed by atoms with E-state index in [-0.39, 0.29) is 17.4 Å². The fraction of sp³-hybridized carbons (Fsp3) is 0.417. The Balaban J connectivity index is 2.11. The monoisotopic (exact) mass is 446 g/mol. The standard InChI is InChI=1S/C24H31ClN2O2S/c1-5-21(23(29)26-24(2,3)4)27(15-18-9-7-6-8-10-18)22(28)17-30-16-19-11-13-20(25)14-12-19/h6-14,21H,5,15-17H2,1-4H3,(H,26,29)/t21-/m1/s1. The molecule has 2 aromatic rings. The van der Waals surface area contributed by atoms with Gasteiger partial charge in [0.25, 0.3) is 0 Å². The van der Waals surface area contributed by atoms with Crippen molar-refractivity contribution in [2.75, 3.05) is 5.75 Å². The van der Waals surface area contributed by atoms with E-state index in [0.29, 0.717) is 29.5 Å². The highest BCUT2D eigenvalue weighted by Gasteiger charge is 2.30. The molecular formula is C24H31ClN2O2S. The van der Waals surface area contributed by atoms with Crippen LogP contribution in [-0.2, 0) is 21.9 Å². The van der Waals surface area contributed by atoms with Gasteiger partial charge >= 0.3 is 0 Å². The zero-order valence-electron chi connectivity index (χ0n) is 18.2. The molecule has 0 saturated heterocycles. The highest BCUT2D eigenvalue weighted by Crippen LogP contribution is 2.19. The summed E-state index contributed by atoms with van der Waals surface area (Å²) >= 11 is 7.48. The number of carbonyl (C=O) groups is 2. The minimum Gasteiger partial charge on any atom is -0.350 e. The van der Waals surface area contributed by atoms with Crippen LogP contribution in [-0.4, -0.2) is 34.0 Å². The van der Waals surface area contributed by atoms with Crippen LogP contribution in [0.15, 0.2) is 54.6 Å². The normalized spacial score (nSPS) is 12.3. The Morgan fingerprint density at radius 1 is 1.03 bits per heavy atom. The van der Waals surface area contributed by atoms with Crippen LogP contribution >= 0.6 is 23.4 Å². The largest absolute Gasteiger partial charge is 0.350 e. The highest BCUT2D eigenvalue weighted by molar-refractivity contribution is 7.99. The predicted molar refractivity (Wildman–Crippen MR) is 127 cm³/mol. The molecule has 0 fully saturated rings. The van der Waals surface area contributed by atoms with Gasteiger partial charge in [-0.1, -0.05) is 61.0 Å². The van der Waals surface area contributed by atoms with Gasteiger partial charge in [-0.2, -0.15) is 0 Å². The van der Waals surface area contributed by atoms with E-state index in [1.165, 1.54) is 0 Å². The predicted octanol–water partition coefficient (Wildman–Crippen LogP) is 5.30. The Morgan fingerprint density at radius 3 is 2.23 bits per heavy atom. The van der Waals surface area contributed by atoms with E-state index < -0.39 is 6.04 Å². The first-order valence-electron chi connectivity index (χ1n) is 10.2. The average Bonchev–Trinajstić information content (AvgIpc) is 2.68. The molecule has 0 aliphatic carbocycles. The number of nitrogens with one attached hydrogen (secondary N) is 1. The first-order valence-corrected chi connectivity index (χ1v) is 11.7. The van der Waals surface area contributed by atoms with E-state index in [2.05, 4.69) is 5.32 Å². The lowest BCUT2D eigenvalue weighted by Gasteiger charge is -2.33. The minimum absolute atomic E-state index is 0.0336. The second-order valence-corrected chi connectivity index (χ2v) is 9.71. The van der Waals surface area contributed by atoms with Gasteiger partial charge < -0.3 is 10.2 Å². The molecule has 1 atom stereocenters. The van der Waals surface area contributed by atoms with E-state index in [1.807, 2.05) is 82.3 Å². The van der Waals surface area contributed by atoms with Crippen LogP contribution < -0.4 is 5.32 Å². The molecular weight excluding hydrogens is 416 g/mol. The van der Waals surface area contributed by atoms with E-state index in [1.54, 1.807) is 16.7 Å². The highest BCUT2D eigenvalue weighted by atomic mass is 35.5. The third kappa shape index (κ3) is 8.04. The van der Waals surface area contributed by atoms with Gasteiger partial charge in [0.05, 0.1) is 5.75 Å². The molecule has 2 aromatic carbocycles. The van der Waals surface area contributed by atoms with Crippen LogP contribution in [0.1, 0.15) is 45.2 Å². The Morgan fingerprint density at radius 2 is 1.67 bits per heavy atom. The van der Waals surface area contributed by atoms with Crippen molar-refractivity contribution in [3.63, 3.8) is 0 Å². The van der Waals surface area contributed by atoms with Crippen LogP contribution in [0.3, 0.4) is 0 Å². The Bertz CT molecular complexity index is 819. The van der Waals surface area contributed by atoms with Crippen molar-refractivity contribution in [1.82, 2.24) is 10.2 Å². The summed E-state index contributed by atoms with van der Waals surface area (Å²) in [5, 5.41) is 3.73. The van der Waals surface area contributed by atoms with Gasteiger partial charge in [0.1, 0.15) is 6.04 Å². The van der Waals surface area contributed by atoms with E-state index in [0.717, 1.165) is 11.1 Å². The molecule has 0 saturated carbocycles. The van der Waals surface area contributed by atoms with Crippen molar-refractivity contribution >= 4 is 35.2 Å². The molecule has 2 rings (SSSR count). The first-order chi connectivity index (χ1) is 14.2. The molecule has 0 radical (unpaired) electrons. The third-order valence-electron chi connectivity index (χ3n) is 4.49. The lowest BCUT2D eigenvalue weighted by atomic mass is 10.1. The number of carbonyl (C=O) groups excluding carboxylic acids is 2. The SMILES string of the molecule is CC[C@H](C(=O)NC(C)(C)C)N(Cc1ccccc1)C(=O)CSCc1ccc(Cl)cc1. The number of hydrogen-bond acceptors (Lipinski definition) is 3. The molecule has 0 aliphatic heterocycles. The van der Waals surface area contributed by atoms with Crippen LogP contribution in [0.2, 0.25) is 5.02 Å². The molecule has 1 N–H and O–H groups in total. The smallest absolute Gasteiger partial charge is 0.243 e. The Labute approximate surface area is 189 Å². The summed E-state index contributed by atoms with van der Waals surface area (Å²) in [6.07, 6.45) is 0.558. The number of nitrogens with zero attached hydrogens (tertiary/aromatic N) is 1. The van der Waals surface area contributed by atoms with Gasteiger partial charge in [-0.3, -0.25) is 9.59 Å². The molecule has 0 spiro atoms. The van der Waals surface area contributed by atoms with Crippen molar-refractivity contribution in [1.29, 1.82) is 0 Å². The summed E-state index contributed by atoms with van der Waals surface area (Å²) in [7, 11) is 0. The second-order valence-electron chi connectivity index (χ2n) is 8.29. The third-order valence-corrected chi connectivity index (χ3v) is 5.73. The minimum atomic E-state index is -0.506. The Hall–Kier alpha value is -1.98. The molecule has 0 unspecified atom stereocenters. The summed E-state index contributed by atoms with van der Waals surface area (Å²) in [4.78, 5) is 27.8. The Kier molecular flexibility index (Phi) is 9.25. The molecule has 0 aliphatic rings. The molecule has 6 heteroatoms. The fourth-order valence-corrected chi connectivity index (χ4v) is 4.07. The molecule has 0 aromatic heterocycles. The molecule has 0 heterocycles. The van der Waals surface area contributed by atoms with Gasteiger partial charge in [0.2, 0.25) is 11.8 Å². The number of rotatable bonds is 9. The summed E-state index contributed by atoms with van der Waals surface area (Å²) in [6, 6.07) is 16.9. The van der Waals surface area contributed by atoms with E-state index in [9.17, 15) is 9.59 Å². The maximum absolute atomic E-state index is 13.2. The zero-order valence-corrected chi connectivity index (χ0v) is 19.7. The topological polar surface area (TPSA) is 49.4 Å². The number of amides is 2. The second kappa shape index (κ2) is 11.4. The van der Waals surface area contributed by atoms with Crippen LogP contribution in [0.25, 0.3) is 0 Å². The van der Waals surface area contributed by atoms with E-state index in [4.69, 9.17) is 11.6 Å². The fourth-order valence-electron chi connectivity index (χ4n) is 3.07. The molecule has 162 valence electrons. The van der Waals surface area contributed by atoms with Crippen LogP contribution in [0.5, 0.6) is 0 Å². The molecule has 30 heavy (non-hydrogen) atoms. The lowest BCUT2D eigenvalue weighted by Crippen LogP contribution is -2.53. The summed E-state index contributed by atoms with van der Waals surface area (Å²) < 4.78 is 0. The van der Waals surface area contributed by atoms with Crippen LogP contribution in [0, 0.1) is 0 Å². The summed E-state index contributed by atoms with van der Waals surface area (Å²) in [5.74, 6) is 0.882. The zero-order chi connectivity index (χ0) is 22.1. The van der Waals surface area contributed by atoms with Crippen LogP contribution in [0.4, 0.5) is 0 Å². The summed E-state index contributed by atoms with van der Waals surface area (Å²) in [5.41, 5.74) is 1.77. The quantitative estimate of drug-likeness (QED) is 0.568. The number of thioether (sulfide) groups is 1. The van der Waals surface area contributed by atoms with Crippen molar-refractivity contribution in [3.8, 4) is 0 Å². The maximum atomic E-state index is 13.2. The van der Waals surface area contributed by atoms with E-state index >= 15 is 0 Å². The molecule has 0 bridgehead atoms. The van der Waals surface area contributed by atoms with Gasteiger partial charge in [-0.25, -0.2) is 0 Å². The van der Waals surface area contributed by atoms with Gasteiger partial charge in [0.15, 0.2) is 0 Å². The average molecular weight is 447 g/mol. The van der Waals surface area contributed by atoms with Gasteiger partial charge in [-0.05, 0) is 50.5 Å². The molecule has 2 amide bonds.